The summed E-state index contributed by atoms with van der Waals surface area (Å²) in [5.74, 6) is -0.742. The van der Waals surface area contributed by atoms with E-state index in [0.717, 1.165) is 57.8 Å². The van der Waals surface area contributed by atoms with Gasteiger partial charge >= 0.3 is 11.9 Å². The number of unbranched alkanes of at least 4 members (excludes halogenated alkanes) is 16. The number of carboxylic acid groups (broad SMARTS) is 1. The maximum atomic E-state index is 12.4. The summed E-state index contributed by atoms with van der Waals surface area (Å²) in [6.45, 7) is 4.47. The summed E-state index contributed by atoms with van der Waals surface area (Å²) in [5, 5.41) is 8.74. The lowest BCUT2D eigenvalue weighted by molar-refractivity contribution is -0.150. The molecule has 0 aliphatic rings. The highest BCUT2D eigenvalue weighted by Crippen LogP contribution is 2.18. The predicted molar refractivity (Wildman–Crippen MR) is 149 cm³/mol. The molecule has 0 heterocycles. The van der Waals surface area contributed by atoms with Gasteiger partial charge in [0.25, 0.3) is 0 Å². The highest BCUT2D eigenvalue weighted by molar-refractivity contribution is 5.69. The predicted octanol–water partition coefficient (Wildman–Crippen LogP) is 9.94. The van der Waals surface area contributed by atoms with Crippen molar-refractivity contribution in [3.63, 3.8) is 0 Å². The van der Waals surface area contributed by atoms with Gasteiger partial charge in [-0.3, -0.25) is 9.59 Å². The minimum Gasteiger partial charge on any atom is -0.481 e. The highest BCUT2D eigenvalue weighted by Gasteiger charge is 2.14. The molecule has 0 rings (SSSR count). The van der Waals surface area contributed by atoms with Crippen molar-refractivity contribution in [3.05, 3.63) is 12.2 Å². The zero-order chi connectivity index (χ0) is 25.8. The third-order valence-electron chi connectivity index (χ3n) is 6.74. The maximum Gasteiger partial charge on any atom is 0.306 e. The molecule has 1 N–H and O–H groups in total. The molecule has 0 saturated carbocycles. The maximum absolute atomic E-state index is 12.4. The molecular weight excluding hydrogens is 436 g/mol. The van der Waals surface area contributed by atoms with Gasteiger partial charge < -0.3 is 9.84 Å². The van der Waals surface area contributed by atoms with Crippen molar-refractivity contribution in [2.45, 2.75) is 174 Å². The molecule has 0 radical (unpaired) electrons. The molecule has 0 aliphatic carbocycles. The molecule has 0 aromatic rings. The van der Waals surface area contributed by atoms with E-state index < -0.39 is 5.97 Å². The number of carboxylic acids is 1. The second-order valence-corrected chi connectivity index (χ2v) is 10.3. The molecule has 0 aliphatic heterocycles. The molecule has 0 amide bonds. The van der Waals surface area contributed by atoms with Crippen molar-refractivity contribution in [2.24, 2.45) is 0 Å². The van der Waals surface area contributed by atoms with Gasteiger partial charge in [0.05, 0.1) is 0 Å². The van der Waals surface area contributed by atoms with Gasteiger partial charge in [-0.2, -0.15) is 0 Å². The lowest BCUT2D eigenvalue weighted by atomic mass is 10.0. The second kappa shape index (κ2) is 27.3. The van der Waals surface area contributed by atoms with Gasteiger partial charge in [-0.15, -0.1) is 0 Å². The van der Waals surface area contributed by atoms with E-state index in [1.165, 1.54) is 83.5 Å². The smallest absolute Gasteiger partial charge is 0.306 e. The molecule has 1 unspecified atom stereocenters. The number of carbonyl (C=O) groups excluding carboxylic acids is 1. The average Bonchev–Trinajstić information content (AvgIpc) is 2.83. The number of esters is 1. The first-order valence-electron chi connectivity index (χ1n) is 15.2. The Hall–Kier alpha value is -1.32. The topological polar surface area (TPSA) is 63.6 Å². The lowest BCUT2D eigenvalue weighted by Crippen LogP contribution is -2.18. The normalized spacial score (nSPS) is 12.3. The van der Waals surface area contributed by atoms with Crippen LogP contribution in [-0.2, 0) is 14.3 Å². The van der Waals surface area contributed by atoms with E-state index in [2.05, 4.69) is 26.0 Å². The van der Waals surface area contributed by atoms with E-state index in [-0.39, 0.29) is 18.5 Å². The van der Waals surface area contributed by atoms with E-state index in [0.29, 0.717) is 6.42 Å². The van der Waals surface area contributed by atoms with Gasteiger partial charge in [0, 0.05) is 12.8 Å². The second-order valence-electron chi connectivity index (χ2n) is 10.3. The highest BCUT2D eigenvalue weighted by atomic mass is 16.5. The fourth-order valence-electron chi connectivity index (χ4n) is 4.47. The first kappa shape index (κ1) is 33.7. The van der Waals surface area contributed by atoms with E-state index in [4.69, 9.17) is 9.84 Å². The Morgan fingerprint density at radius 3 is 1.57 bits per heavy atom. The first-order chi connectivity index (χ1) is 17.1. The molecule has 0 spiro atoms. The molecule has 35 heavy (non-hydrogen) atoms. The Balaban J connectivity index is 3.82. The minimum absolute atomic E-state index is 0.0274. The third kappa shape index (κ3) is 27.1. The molecule has 4 heteroatoms. The van der Waals surface area contributed by atoms with Crippen LogP contribution in [0.1, 0.15) is 168 Å². The van der Waals surface area contributed by atoms with Crippen LogP contribution in [-0.4, -0.2) is 23.1 Å². The Morgan fingerprint density at radius 2 is 1.03 bits per heavy atom. The van der Waals surface area contributed by atoms with Crippen molar-refractivity contribution < 1.29 is 19.4 Å². The van der Waals surface area contributed by atoms with Gasteiger partial charge in [0.1, 0.15) is 6.10 Å². The molecule has 0 aromatic carbocycles. The van der Waals surface area contributed by atoms with Crippen LogP contribution in [0.2, 0.25) is 0 Å². The summed E-state index contributed by atoms with van der Waals surface area (Å²) < 4.78 is 5.85. The van der Waals surface area contributed by atoms with E-state index in [1.54, 1.807) is 0 Å². The molecule has 0 saturated heterocycles. The molecular formula is C31H58O4. The SMILES string of the molecule is CCCCCC/C=C\CCCCCCCCC(=O)OC(CCCCCC)CCCCCCC(=O)O. The molecule has 206 valence electrons. The van der Waals surface area contributed by atoms with Crippen LogP contribution in [0.5, 0.6) is 0 Å². The van der Waals surface area contributed by atoms with Crippen molar-refractivity contribution in [3.8, 4) is 0 Å². The summed E-state index contributed by atoms with van der Waals surface area (Å²) >= 11 is 0. The van der Waals surface area contributed by atoms with E-state index in [1.807, 2.05) is 0 Å². The summed E-state index contributed by atoms with van der Waals surface area (Å²) in [4.78, 5) is 23.0. The number of hydrogen-bond donors (Lipinski definition) is 1. The van der Waals surface area contributed by atoms with Crippen molar-refractivity contribution in [1.29, 1.82) is 0 Å². The number of allylic oxidation sites excluding steroid dienone is 2. The Kier molecular flexibility index (Phi) is 26.2. The number of rotatable bonds is 27. The van der Waals surface area contributed by atoms with Gasteiger partial charge in [-0.1, -0.05) is 103 Å². The van der Waals surface area contributed by atoms with Crippen molar-refractivity contribution >= 4 is 11.9 Å². The molecule has 0 fully saturated rings. The quantitative estimate of drug-likeness (QED) is 0.0701. The first-order valence-corrected chi connectivity index (χ1v) is 15.2. The number of carbonyl (C=O) groups is 2. The standard InChI is InChI=1S/C31H58O4/c1-3-5-7-9-10-11-12-13-14-15-16-17-18-24-28-31(34)35-29(25-21-8-6-4-2)26-22-19-20-23-27-30(32)33/h11-12,29H,3-10,13-28H2,1-2H3,(H,32,33)/b12-11-. The summed E-state index contributed by atoms with van der Waals surface area (Å²) in [5.41, 5.74) is 0. The number of aliphatic carboxylic acids is 1. The van der Waals surface area contributed by atoms with E-state index >= 15 is 0 Å². The van der Waals surface area contributed by atoms with E-state index in [9.17, 15) is 9.59 Å². The summed E-state index contributed by atoms with van der Waals surface area (Å²) in [6, 6.07) is 0. The number of ether oxygens (including phenoxy) is 1. The average molecular weight is 495 g/mol. The van der Waals surface area contributed by atoms with Crippen LogP contribution in [0, 0.1) is 0 Å². The van der Waals surface area contributed by atoms with Gasteiger partial charge in [-0.05, 0) is 64.2 Å². The van der Waals surface area contributed by atoms with Crippen LogP contribution in [0.25, 0.3) is 0 Å². The minimum atomic E-state index is -0.714. The zero-order valence-corrected chi connectivity index (χ0v) is 23.4. The summed E-state index contributed by atoms with van der Waals surface area (Å²) in [6.07, 6.45) is 30.9. The van der Waals surface area contributed by atoms with Crippen molar-refractivity contribution in [2.75, 3.05) is 0 Å². The Morgan fingerprint density at radius 1 is 0.600 bits per heavy atom. The molecule has 4 nitrogen and oxygen atoms in total. The van der Waals surface area contributed by atoms with Crippen LogP contribution in [0.15, 0.2) is 12.2 Å². The van der Waals surface area contributed by atoms with Crippen LogP contribution in [0.3, 0.4) is 0 Å². The Labute approximate surface area is 217 Å². The monoisotopic (exact) mass is 494 g/mol. The van der Waals surface area contributed by atoms with Crippen LogP contribution < -0.4 is 0 Å². The molecule has 0 bridgehead atoms. The third-order valence-corrected chi connectivity index (χ3v) is 6.74. The zero-order valence-electron chi connectivity index (χ0n) is 23.4. The largest absolute Gasteiger partial charge is 0.481 e. The van der Waals surface area contributed by atoms with Gasteiger partial charge in [-0.25, -0.2) is 0 Å². The molecule has 1 atom stereocenters. The summed E-state index contributed by atoms with van der Waals surface area (Å²) in [7, 11) is 0. The fraction of sp³-hybridized carbons (Fsp3) is 0.871. The fourth-order valence-corrected chi connectivity index (χ4v) is 4.47. The van der Waals surface area contributed by atoms with Crippen LogP contribution in [0.4, 0.5) is 0 Å². The van der Waals surface area contributed by atoms with Crippen molar-refractivity contribution in [1.82, 2.24) is 0 Å². The van der Waals surface area contributed by atoms with Gasteiger partial charge in [0.15, 0.2) is 0 Å². The van der Waals surface area contributed by atoms with Gasteiger partial charge in [0.2, 0.25) is 0 Å². The Bertz CT molecular complexity index is 500. The molecule has 0 aromatic heterocycles. The number of hydrogen-bond acceptors (Lipinski definition) is 3. The van der Waals surface area contributed by atoms with Crippen LogP contribution >= 0.6 is 0 Å². The lowest BCUT2D eigenvalue weighted by Gasteiger charge is -2.18.